The van der Waals surface area contributed by atoms with Crippen LogP contribution in [-0.4, -0.2) is 25.1 Å². The average molecular weight is 262 g/mol. The normalized spacial score (nSPS) is 17.6. The molecule has 19 heavy (non-hydrogen) atoms. The molecule has 0 radical (unpaired) electrons. The van der Waals surface area contributed by atoms with Crippen molar-refractivity contribution >= 4 is 5.91 Å². The number of carbonyl (C=O) groups excluding carboxylic acids is 1. The van der Waals surface area contributed by atoms with Gasteiger partial charge in [-0.25, -0.2) is 0 Å². The van der Waals surface area contributed by atoms with E-state index in [1.54, 1.807) is 6.92 Å². The van der Waals surface area contributed by atoms with Crippen LogP contribution in [-0.2, 0) is 4.79 Å². The maximum atomic E-state index is 11.8. The van der Waals surface area contributed by atoms with E-state index >= 15 is 0 Å². The summed E-state index contributed by atoms with van der Waals surface area (Å²) in [5, 5.41) is 6.12. The van der Waals surface area contributed by atoms with Crippen LogP contribution >= 0.6 is 0 Å². The molecule has 0 saturated heterocycles. The first-order valence-corrected chi connectivity index (χ1v) is 6.84. The van der Waals surface area contributed by atoms with Crippen LogP contribution in [0.2, 0.25) is 0 Å². The van der Waals surface area contributed by atoms with Crippen molar-refractivity contribution in [2.75, 3.05) is 7.05 Å². The van der Waals surface area contributed by atoms with Crippen LogP contribution in [0.25, 0.3) is 0 Å². The van der Waals surface area contributed by atoms with Crippen LogP contribution in [0.4, 0.5) is 0 Å². The Hall–Kier alpha value is -1.55. The molecule has 2 N–H and O–H groups in total. The van der Waals surface area contributed by atoms with E-state index in [4.69, 9.17) is 4.74 Å². The topological polar surface area (TPSA) is 50.4 Å². The van der Waals surface area contributed by atoms with Crippen LogP contribution in [0.5, 0.6) is 5.75 Å². The number of carbonyl (C=O) groups is 1. The van der Waals surface area contributed by atoms with E-state index in [0.29, 0.717) is 12.1 Å². The van der Waals surface area contributed by atoms with E-state index < -0.39 is 6.10 Å². The molecule has 1 aliphatic rings. The van der Waals surface area contributed by atoms with Gasteiger partial charge in [0.1, 0.15) is 5.75 Å². The highest BCUT2D eigenvalue weighted by Gasteiger charge is 2.26. The molecule has 0 bridgehead atoms. The quantitative estimate of drug-likeness (QED) is 0.824. The zero-order chi connectivity index (χ0) is 13.8. The summed E-state index contributed by atoms with van der Waals surface area (Å²) < 4.78 is 5.64. The van der Waals surface area contributed by atoms with Crippen LogP contribution in [0.15, 0.2) is 24.3 Å². The number of hydrogen-bond acceptors (Lipinski definition) is 3. The first kappa shape index (κ1) is 13.9. The number of amides is 1. The maximum Gasteiger partial charge on any atom is 0.260 e. The first-order chi connectivity index (χ1) is 9.10. The number of benzene rings is 1. The third-order valence-corrected chi connectivity index (χ3v) is 3.42. The third kappa shape index (κ3) is 3.96. The minimum Gasteiger partial charge on any atom is -0.481 e. The molecular formula is C15H22N2O2. The lowest BCUT2D eigenvalue weighted by molar-refractivity contribution is -0.127. The summed E-state index contributed by atoms with van der Waals surface area (Å²) in [5.74, 6) is 0.695. The summed E-state index contributed by atoms with van der Waals surface area (Å²) in [5.41, 5.74) is 1.20. The van der Waals surface area contributed by atoms with Crippen molar-refractivity contribution in [1.82, 2.24) is 10.6 Å². The molecule has 1 saturated carbocycles. The number of rotatable bonds is 6. The molecule has 1 aliphatic carbocycles. The molecule has 104 valence electrons. The Bertz CT molecular complexity index is 426. The van der Waals surface area contributed by atoms with Crippen molar-refractivity contribution in [2.45, 2.75) is 44.9 Å². The van der Waals surface area contributed by atoms with Crippen molar-refractivity contribution < 1.29 is 9.53 Å². The van der Waals surface area contributed by atoms with Crippen molar-refractivity contribution in [2.24, 2.45) is 0 Å². The summed E-state index contributed by atoms with van der Waals surface area (Å²) in [4.78, 5) is 11.8. The Kier molecular flexibility index (Phi) is 4.43. The Morgan fingerprint density at radius 2 is 1.89 bits per heavy atom. The SMILES string of the molecule is CNC(C)c1ccc(OC(C)C(=O)NC2CC2)cc1. The first-order valence-electron chi connectivity index (χ1n) is 6.84. The second-order valence-electron chi connectivity index (χ2n) is 5.12. The number of nitrogens with one attached hydrogen (secondary N) is 2. The van der Waals surface area contributed by atoms with Crippen LogP contribution < -0.4 is 15.4 Å². The second kappa shape index (κ2) is 6.06. The molecule has 2 unspecified atom stereocenters. The van der Waals surface area contributed by atoms with E-state index in [-0.39, 0.29) is 5.91 Å². The second-order valence-corrected chi connectivity index (χ2v) is 5.12. The highest BCUT2D eigenvalue weighted by molar-refractivity contribution is 5.81. The van der Waals surface area contributed by atoms with Gasteiger partial charge in [0.25, 0.3) is 5.91 Å². The van der Waals surface area contributed by atoms with E-state index in [1.807, 2.05) is 31.3 Å². The van der Waals surface area contributed by atoms with Crippen LogP contribution in [0.1, 0.15) is 38.3 Å². The van der Waals surface area contributed by atoms with Gasteiger partial charge in [-0.1, -0.05) is 12.1 Å². The van der Waals surface area contributed by atoms with Gasteiger partial charge in [-0.2, -0.15) is 0 Å². The Morgan fingerprint density at radius 3 is 2.42 bits per heavy atom. The molecule has 2 rings (SSSR count). The molecular weight excluding hydrogens is 240 g/mol. The van der Waals surface area contributed by atoms with Gasteiger partial charge in [0.15, 0.2) is 6.10 Å². The Morgan fingerprint density at radius 1 is 1.26 bits per heavy atom. The minimum absolute atomic E-state index is 0.0323. The summed E-state index contributed by atoms with van der Waals surface area (Å²) in [6.07, 6.45) is 1.73. The lowest BCUT2D eigenvalue weighted by atomic mass is 10.1. The van der Waals surface area contributed by atoms with Crippen molar-refractivity contribution in [3.63, 3.8) is 0 Å². The number of hydrogen-bond donors (Lipinski definition) is 2. The third-order valence-electron chi connectivity index (χ3n) is 3.42. The molecule has 4 heteroatoms. The molecule has 0 heterocycles. The molecule has 0 aliphatic heterocycles. The molecule has 1 aromatic rings. The van der Waals surface area contributed by atoms with Gasteiger partial charge in [0.05, 0.1) is 0 Å². The van der Waals surface area contributed by atoms with Gasteiger partial charge in [0.2, 0.25) is 0 Å². The van der Waals surface area contributed by atoms with Gasteiger partial charge >= 0.3 is 0 Å². The summed E-state index contributed by atoms with van der Waals surface area (Å²) in [7, 11) is 1.93. The lowest BCUT2D eigenvalue weighted by Crippen LogP contribution is -2.37. The zero-order valence-corrected chi connectivity index (χ0v) is 11.8. The molecule has 1 fully saturated rings. The van der Waals surface area contributed by atoms with Gasteiger partial charge in [-0.15, -0.1) is 0 Å². The highest BCUT2D eigenvalue weighted by atomic mass is 16.5. The molecule has 1 aromatic carbocycles. The Labute approximate surface area is 114 Å². The van der Waals surface area contributed by atoms with Crippen LogP contribution in [0, 0.1) is 0 Å². The maximum absolute atomic E-state index is 11.8. The van der Waals surface area contributed by atoms with Crippen LogP contribution in [0.3, 0.4) is 0 Å². The predicted octanol–water partition coefficient (Wildman–Crippen LogP) is 2.01. The largest absolute Gasteiger partial charge is 0.481 e. The van der Waals surface area contributed by atoms with Gasteiger partial charge in [-0.3, -0.25) is 4.79 Å². The Balaban J connectivity index is 1.89. The van der Waals surface area contributed by atoms with E-state index in [1.165, 1.54) is 5.56 Å². The molecule has 1 amide bonds. The van der Waals surface area contributed by atoms with Gasteiger partial charge in [-0.05, 0) is 51.4 Å². The predicted molar refractivity (Wildman–Crippen MR) is 75.2 cm³/mol. The summed E-state index contributed by atoms with van der Waals surface area (Å²) in [6.45, 7) is 3.88. The zero-order valence-electron chi connectivity index (χ0n) is 11.8. The summed E-state index contributed by atoms with van der Waals surface area (Å²) in [6, 6.07) is 8.53. The fourth-order valence-electron chi connectivity index (χ4n) is 1.81. The highest BCUT2D eigenvalue weighted by Crippen LogP contribution is 2.20. The van der Waals surface area contributed by atoms with E-state index in [0.717, 1.165) is 18.6 Å². The van der Waals surface area contributed by atoms with Crippen molar-refractivity contribution in [3.05, 3.63) is 29.8 Å². The minimum atomic E-state index is -0.451. The fraction of sp³-hybridized carbons (Fsp3) is 0.533. The average Bonchev–Trinajstić information content (AvgIpc) is 3.22. The van der Waals surface area contributed by atoms with E-state index in [2.05, 4.69) is 17.6 Å². The lowest BCUT2D eigenvalue weighted by Gasteiger charge is -2.16. The summed E-state index contributed by atoms with van der Waals surface area (Å²) >= 11 is 0. The number of ether oxygens (including phenoxy) is 1. The molecule has 2 atom stereocenters. The van der Waals surface area contributed by atoms with Gasteiger partial charge in [0, 0.05) is 12.1 Å². The van der Waals surface area contributed by atoms with Crippen molar-refractivity contribution in [3.8, 4) is 5.75 Å². The standard InChI is InChI=1S/C15H22N2O2/c1-10(16-3)12-4-8-14(9-5-12)19-11(2)15(18)17-13-6-7-13/h4-5,8-11,13,16H,6-7H2,1-3H3,(H,17,18). The smallest absolute Gasteiger partial charge is 0.260 e. The molecule has 0 aromatic heterocycles. The molecule has 4 nitrogen and oxygen atoms in total. The molecule has 0 spiro atoms. The van der Waals surface area contributed by atoms with E-state index in [9.17, 15) is 4.79 Å². The van der Waals surface area contributed by atoms with Gasteiger partial charge < -0.3 is 15.4 Å². The van der Waals surface area contributed by atoms with Crippen molar-refractivity contribution in [1.29, 1.82) is 0 Å². The fourth-order valence-corrected chi connectivity index (χ4v) is 1.81. The monoisotopic (exact) mass is 262 g/mol.